The van der Waals surface area contributed by atoms with E-state index in [1.807, 2.05) is 61.7 Å². The zero-order chi connectivity index (χ0) is 23.2. The summed E-state index contributed by atoms with van der Waals surface area (Å²) in [6, 6.07) is 23.2. The van der Waals surface area contributed by atoms with Gasteiger partial charge in [0.05, 0.1) is 23.1 Å². The number of nitrogens with one attached hydrogen (secondary N) is 2. The molecule has 6 aromatic rings. The van der Waals surface area contributed by atoms with Gasteiger partial charge in [0.1, 0.15) is 11.5 Å². The first-order valence-electron chi connectivity index (χ1n) is 11.1. The van der Waals surface area contributed by atoms with Gasteiger partial charge < -0.3 is 9.88 Å². The third-order valence-corrected chi connectivity index (χ3v) is 6.19. The molecule has 3 heterocycles. The number of nitrogens with zero attached hydrogens (tertiary/aromatic N) is 3. The average molecular weight is 448 g/mol. The zero-order valence-electron chi connectivity index (χ0n) is 18.8. The number of rotatable bonds is 4. The molecule has 0 spiro atoms. The molecule has 0 fully saturated rings. The SMILES string of the molecule is CN(C)c1cncc(-c2ccc3[nH]nc(-c4cc5c(-c6cccc(F)c6)cccc5[nH]4)c3c2)c1. The smallest absolute Gasteiger partial charge is 0.123 e. The molecule has 0 radical (unpaired) electrons. The highest BCUT2D eigenvalue weighted by Crippen LogP contribution is 2.35. The van der Waals surface area contributed by atoms with Crippen molar-refractivity contribution in [3.05, 3.63) is 91.0 Å². The molecule has 0 aliphatic carbocycles. The van der Waals surface area contributed by atoms with Gasteiger partial charge in [0.15, 0.2) is 0 Å². The van der Waals surface area contributed by atoms with Gasteiger partial charge >= 0.3 is 0 Å². The van der Waals surface area contributed by atoms with Gasteiger partial charge in [-0.2, -0.15) is 5.10 Å². The molecule has 3 aromatic heterocycles. The maximum absolute atomic E-state index is 13.9. The molecule has 2 N–H and O–H groups in total. The van der Waals surface area contributed by atoms with Crippen LogP contribution >= 0.6 is 0 Å². The third kappa shape index (κ3) is 3.40. The second-order valence-electron chi connectivity index (χ2n) is 8.62. The van der Waals surface area contributed by atoms with Crippen LogP contribution in [0.25, 0.3) is 55.4 Å². The first-order chi connectivity index (χ1) is 16.6. The molecule has 0 aliphatic rings. The summed E-state index contributed by atoms with van der Waals surface area (Å²) in [5, 5.41) is 9.81. The van der Waals surface area contributed by atoms with E-state index in [-0.39, 0.29) is 5.82 Å². The fourth-order valence-electron chi connectivity index (χ4n) is 4.42. The predicted octanol–water partition coefficient (Wildman–Crippen LogP) is 6.65. The minimum Gasteiger partial charge on any atom is -0.376 e. The fourth-order valence-corrected chi connectivity index (χ4v) is 4.42. The van der Waals surface area contributed by atoms with E-state index in [1.54, 1.807) is 12.1 Å². The zero-order valence-corrected chi connectivity index (χ0v) is 18.8. The van der Waals surface area contributed by atoms with E-state index in [0.717, 1.165) is 61.1 Å². The van der Waals surface area contributed by atoms with Crippen molar-refractivity contribution in [1.82, 2.24) is 20.2 Å². The van der Waals surface area contributed by atoms with E-state index in [0.29, 0.717) is 0 Å². The van der Waals surface area contributed by atoms with E-state index >= 15 is 0 Å². The van der Waals surface area contributed by atoms with E-state index < -0.39 is 0 Å². The number of H-pyrrole nitrogens is 2. The third-order valence-electron chi connectivity index (χ3n) is 6.19. The Hall–Kier alpha value is -4.45. The van der Waals surface area contributed by atoms with Crippen LogP contribution in [-0.4, -0.2) is 34.3 Å². The van der Waals surface area contributed by atoms with Crippen molar-refractivity contribution in [3.8, 4) is 33.6 Å². The number of hydrogen-bond acceptors (Lipinski definition) is 3. The molecule has 0 unspecified atom stereocenters. The Bertz CT molecular complexity index is 1660. The standard InChI is InChI=1S/C28H22FN5/c1-34(2)21-12-19(15-30-16-21)17-9-10-26-24(13-17)28(33-32-26)27-14-23-22(7-4-8-25(23)31-27)18-5-3-6-20(29)11-18/h3-16,31H,1-2H3,(H,32,33). The number of halogens is 1. The van der Waals surface area contributed by atoms with Crippen molar-refractivity contribution in [3.63, 3.8) is 0 Å². The normalized spacial score (nSPS) is 11.4. The molecule has 0 amide bonds. The van der Waals surface area contributed by atoms with Gasteiger partial charge in [-0.25, -0.2) is 4.39 Å². The molecular formula is C28H22FN5. The van der Waals surface area contributed by atoms with Gasteiger partial charge in [-0.05, 0) is 59.2 Å². The molecule has 3 aromatic carbocycles. The molecule has 166 valence electrons. The first-order valence-corrected chi connectivity index (χ1v) is 11.1. The molecule has 6 rings (SSSR count). The molecule has 0 atom stereocenters. The Morgan fingerprint density at radius 1 is 0.765 bits per heavy atom. The maximum atomic E-state index is 13.9. The van der Waals surface area contributed by atoms with E-state index in [2.05, 4.69) is 44.4 Å². The Labute approximate surface area is 195 Å². The number of hydrogen-bond donors (Lipinski definition) is 2. The summed E-state index contributed by atoms with van der Waals surface area (Å²) >= 11 is 0. The lowest BCUT2D eigenvalue weighted by molar-refractivity contribution is 0.628. The van der Waals surface area contributed by atoms with Crippen LogP contribution in [-0.2, 0) is 0 Å². The van der Waals surface area contributed by atoms with Crippen LogP contribution in [0.1, 0.15) is 0 Å². The summed E-state index contributed by atoms with van der Waals surface area (Å²) in [4.78, 5) is 9.95. The van der Waals surface area contributed by atoms with Crippen molar-refractivity contribution < 1.29 is 4.39 Å². The highest BCUT2D eigenvalue weighted by atomic mass is 19.1. The Kier molecular flexibility index (Phi) is 4.66. The molecular weight excluding hydrogens is 425 g/mol. The van der Waals surface area contributed by atoms with Crippen LogP contribution in [0, 0.1) is 5.82 Å². The highest BCUT2D eigenvalue weighted by Gasteiger charge is 2.15. The first kappa shape index (κ1) is 20.2. The summed E-state index contributed by atoms with van der Waals surface area (Å²) < 4.78 is 13.9. The lowest BCUT2D eigenvalue weighted by Gasteiger charge is -2.13. The monoisotopic (exact) mass is 447 g/mol. The summed E-state index contributed by atoms with van der Waals surface area (Å²) in [5.41, 5.74) is 8.67. The lowest BCUT2D eigenvalue weighted by atomic mass is 10.0. The number of aromatic amines is 2. The summed E-state index contributed by atoms with van der Waals surface area (Å²) in [6.07, 6.45) is 3.73. The van der Waals surface area contributed by atoms with Gasteiger partial charge in [-0.15, -0.1) is 0 Å². The second-order valence-corrected chi connectivity index (χ2v) is 8.62. The molecule has 34 heavy (non-hydrogen) atoms. The number of benzene rings is 3. The number of fused-ring (bicyclic) bond motifs is 2. The van der Waals surface area contributed by atoms with Gasteiger partial charge in [0.2, 0.25) is 0 Å². The van der Waals surface area contributed by atoms with Gasteiger partial charge in [-0.3, -0.25) is 10.1 Å². The van der Waals surface area contributed by atoms with Crippen molar-refractivity contribution in [2.45, 2.75) is 0 Å². The topological polar surface area (TPSA) is 60.6 Å². The highest BCUT2D eigenvalue weighted by molar-refractivity contribution is 6.01. The van der Waals surface area contributed by atoms with E-state index in [4.69, 9.17) is 0 Å². The van der Waals surface area contributed by atoms with Crippen molar-refractivity contribution in [2.75, 3.05) is 19.0 Å². The summed E-state index contributed by atoms with van der Waals surface area (Å²) in [6.45, 7) is 0. The van der Waals surface area contributed by atoms with E-state index in [1.165, 1.54) is 6.07 Å². The lowest BCUT2D eigenvalue weighted by Crippen LogP contribution is -2.08. The quantitative estimate of drug-likeness (QED) is 0.318. The Morgan fingerprint density at radius 2 is 1.65 bits per heavy atom. The molecule has 6 heteroatoms. The number of pyridine rings is 1. The Morgan fingerprint density at radius 3 is 2.50 bits per heavy atom. The molecule has 5 nitrogen and oxygen atoms in total. The number of aromatic nitrogens is 4. The van der Waals surface area contributed by atoms with Crippen molar-refractivity contribution in [2.24, 2.45) is 0 Å². The molecule has 0 saturated heterocycles. The summed E-state index contributed by atoms with van der Waals surface area (Å²) in [5.74, 6) is -0.246. The minimum atomic E-state index is -0.246. The van der Waals surface area contributed by atoms with Gasteiger partial charge in [-0.1, -0.05) is 30.3 Å². The minimum absolute atomic E-state index is 0.246. The molecule has 0 saturated carbocycles. The number of anilines is 1. The summed E-state index contributed by atoms with van der Waals surface area (Å²) in [7, 11) is 4.01. The van der Waals surface area contributed by atoms with Crippen molar-refractivity contribution in [1.29, 1.82) is 0 Å². The maximum Gasteiger partial charge on any atom is 0.123 e. The van der Waals surface area contributed by atoms with Crippen LogP contribution in [0.15, 0.2) is 85.2 Å². The van der Waals surface area contributed by atoms with Crippen LogP contribution < -0.4 is 4.90 Å². The van der Waals surface area contributed by atoms with Gasteiger partial charge in [0.25, 0.3) is 0 Å². The predicted molar refractivity (Wildman–Crippen MR) is 136 cm³/mol. The van der Waals surface area contributed by atoms with Crippen molar-refractivity contribution >= 4 is 27.5 Å². The van der Waals surface area contributed by atoms with Crippen LogP contribution in [0.5, 0.6) is 0 Å². The van der Waals surface area contributed by atoms with E-state index in [9.17, 15) is 4.39 Å². The average Bonchev–Trinajstić information content (AvgIpc) is 3.47. The van der Waals surface area contributed by atoms with Crippen LogP contribution in [0.2, 0.25) is 0 Å². The van der Waals surface area contributed by atoms with Crippen LogP contribution in [0.4, 0.5) is 10.1 Å². The van der Waals surface area contributed by atoms with Gasteiger partial charge in [0, 0.05) is 42.1 Å². The second kappa shape index (κ2) is 7.85. The largest absolute Gasteiger partial charge is 0.376 e. The van der Waals surface area contributed by atoms with Crippen LogP contribution in [0.3, 0.4) is 0 Å². The Balaban J connectivity index is 1.48. The molecule has 0 aliphatic heterocycles. The fraction of sp³-hybridized carbons (Fsp3) is 0.0714. The molecule has 0 bridgehead atoms.